The Bertz CT molecular complexity index is 149. The summed E-state index contributed by atoms with van der Waals surface area (Å²) in [5.74, 6) is -0.350. The van der Waals surface area contributed by atoms with E-state index in [1.54, 1.807) is 6.92 Å². The van der Waals surface area contributed by atoms with Crippen LogP contribution in [0.4, 0.5) is 0 Å². The van der Waals surface area contributed by atoms with Crippen LogP contribution in [0.3, 0.4) is 0 Å². The van der Waals surface area contributed by atoms with Gasteiger partial charge in [-0.05, 0) is 19.9 Å². The summed E-state index contributed by atoms with van der Waals surface area (Å²) in [4.78, 5) is 11.0. The number of hydrogen-bond acceptors (Lipinski definition) is 4. The third-order valence-electron chi connectivity index (χ3n) is 1.73. The van der Waals surface area contributed by atoms with E-state index >= 15 is 0 Å². The highest BCUT2D eigenvalue weighted by molar-refractivity contribution is 5.76. The van der Waals surface area contributed by atoms with Crippen molar-refractivity contribution in [1.82, 2.24) is 5.32 Å². The van der Waals surface area contributed by atoms with Gasteiger partial charge in [-0.25, -0.2) is 0 Å². The number of hydrogen-bond donors (Lipinski definition) is 2. The van der Waals surface area contributed by atoms with Crippen LogP contribution in [-0.2, 0) is 9.53 Å². The van der Waals surface area contributed by atoms with Crippen molar-refractivity contribution in [3.8, 4) is 0 Å². The van der Waals surface area contributed by atoms with Gasteiger partial charge in [-0.1, -0.05) is 0 Å². The first-order valence-corrected chi connectivity index (χ1v) is 3.83. The minimum absolute atomic E-state index is 0.350. The minimum Gasteiger partial charge on any atom is -0.465 e. The fourth-order valence-corrected chi connectivity index (χ4v) is 1.16. The van der Waals surface area contributed by atoms with Crippen molar-refractivity contribution in [2.75, 3.05) is 13.2 Å². The summed E-state index contributed by atoms with van der Waals surface area (Å²) in [7, 11) is 0. The molecule has 1 fully saturated rings. The highest BCUT2D eigenvalue weighted by Crippen LogP contribution is 2.07. The molecule has 1 heterocycles. The second-order valence-corrected chi connectivity index (χ2v) is 2.54. The van der Waals surface area contributed by atoms with E-state index < -0.39 is 12.1 Å². The van der Waals surface area contributed by atoms with Crippen molar-refractivity contribution in [2.45, 2.75) is 25.5 Å². The largest absolute Gasteiger partial charge is 0.465 e. The first-order chi connectivity index (χ1) is 5.25. The Morgan fingerprint density at radius 2 is 2.55 bits per heavy atom. The predicted molar refractivity (Wildman–Crippen MR) is 39.0 cm³/mol. The number of ether oxygens (including phenoxy) is 1. The highest BCUT2D eigenvalue weighted by Gasteiger charge is 2.31. The normalized spacial score (nSPS) is 30.4. The summed E-state index contributed by atoms with van der Waals surface area (Å²) in [5.41, 5.74) is 0. The Labute approximate surface area is 65.5 Å². The minimum atomic E-state index is -0.575. The van der Waals surface area contributed by atoms with Crippen LogP contribution in [0.15, 0.2) is 0 Å². The van der Waals surface area contributed by atoms with E-state index in [0.29, 0.717) is 19.6 Å². The highest BCUT2D eigenvalue weighted by atomic mass is 16.5. The van der Waals surface area contributed by atoms with Gasteiger partial charge in [0.05, 0.1) is 12.7 Å². The van der Waals surface area contributed by atoms with Gasteiger partial charge in [0.15, 0.2) is 0 Å². The quantitative estimate of drug-likeness (QED) is 0.522. The predicted octanol–water partition coefficient (Wildman–Crippen LogP) is -0.728. The number of aliphatic hydroxyl groups is 1. The summed E-state index contributed by atoms with van der Waals surface area (Å²) in [6, 6.07) is -0.505. The van der Waals surface area contributed by atoms with Gasteiger partial charge in [-0.2, -0.15) is 0 Å². The van der Waals surface area contributed by atoms with E-state index in [-0.39, 0.29) is 5.97 Å². The van der Waals surface area contributed by atoms with Gasteiger partial charge in [-0.15, -0.1) is 0 Å². The summed E-state index contributed by atoms with van der Waals surface area (Å²) >= 11 is 0. The standard InChI is InChI=1S/C7H13NO3/c1-2-11-7(10)6-5(9)3-4-8-6/h5-6,8-9H,2-4H2,1H3/t5-,6-/m1/s1. The van der Waals surface area contributed by atoms with Gasteiger partial charge in [0, 0.05) is 0 Å². The van der Waals surface area contributed by atoms with Crippen LogP contribution in [0.1, 0.15) is 13.3 Å². The molecule has 1 aliphatic rings. The number of aliphatic hydroxyl groups excluding tert-OH is 1. The van der Waals surface area contributed by atoms with Crippen LogP contribution >= 0.6 is 0 Å². The van der Waals surface area contributed by atoms with Gasteiger partial charge in [0.1, 0.15) is 6.04 Å². The number of esters is 1. The maximum absolute atomic E-state index is 11.0. The van der Waals surface area contributed by atoms with Crippen LogP contribution < -0.4 is 5.32 Å². The van der Waals surface area contributed by atoms with Gasteiger partial charge >= 0.3 is 5.97 Å². The first kappa shape index (κ1) is 8.49. The molecule has 0 radical (unpaired) electrons. The molecule has 2 N–H and O–H groups in total. The molecule has 0 aromatic carbocycles. The third kappa shape index (κ3) is 1.91. The Kier molecular flexibility index (Phi) is 2.84. The first-order valence-electron chi connectivity index (χ1n) is 3.83. The third-order valence-corrected chi connectivity index (χ3v) is 1.73. The molecule has 4 nitrogen and oxygen atoms in total. The Morgan fingerprint density at radius 3 is 3.00 bits per heavy atom. The maximum atomic E-state index is 11.0. The van der Waals surface area contributed by atoms with E-state index in [4.69, 9.17) is 4.74 Å². The molecule has 2 atom stereocenters. The van der Waals surface area contributed by atoms with E-state index in [0.717, 1.165) is 0 Å². The molecular formula is C7H13NO3. The fourth-order valence-electron chi connectivity index (χ4n) is 1.16. The lowest BCUT2D eigenvalue weighted by Gasteiger charge is -2.12. The van der Waals surface area contributed by atoms with Gasteiger partial charge < -0.3 is 15.2 Å². The summed E-state index contributed by atoms with van der Waals surface area (Å²) in [5, 5.41) is 12.1. The van der Waals surface area contributed by atoms with E-state index in [1.807, 2.05) is 0 Å². The smallest absolute Gasteiger partial charge is 0.325 e. The molecule has 1 saturated heterocycles. The van der Waals surface area contributed by atoms with Gasteiger partial charge in [-0.3, -0.25) is 4.79 Å². The maximum Gasteiger partial charge on any atom is 0.325 e. The fraction of sp³-hybridized carbons (Fsp3) is 0.857. The molecule has 4 heteroatoms. The zero-order valence-corrected chi connectivity index (χ0v) is 6.54. The lowest BCUT2D eigenvalue weighted by molar-refractivity contribution is -0.147. The topological polar surface area (TPSA) is 58.6 Å². The molecule has 0 aromatic heterocycles. The van der Waals surface area contributed by atoms with E-state index in [9.17, 15) is 9.90 Å². The summed E-state index contributed by atoms with van der Waals surface area (Å²) < 4.78 is 4.73. The second kappa shape index (κ2) is 3.69. The van der Waals surface area contributed by atoms with Crippen LogP contribution in [0, 0.1) is 0 Å². The molecule has 1 rings (SSSR count). The molecule has 0 unspecified atom stereocenters. The molecule has 0 aromatic rings. The number of rotatable bonds is 2. The molecular weight excluding hydrogens is 146 g/mol. The van der Waals surface area contributed by atoms with Crippen LogP contribution in [-0.4, -0.2) is 36.4 Å². The average Bonchev–Trinajstić information content (AvgIpc) is 2.36. The lowest BCUT2D eigenvalue weighted by atomic mass is 10.2. The van der Waals surface area contributed by atoms with Crippen molar-refractivity contribution < 1.29 is 14.6 Å². The van der Waals surface area contributed by atoms with Gasteiger partial charge in [0.25, 0.3) is 0 Å². The molecule has 1 aliphatic heterocycles. The number of carbonyl (C=O) groups excluding carboxylic acids is 1. The van der Waals surface area contributed by atoms with Crippen molar-refractivity contribution in [1.29, 1.82) is 0 Å². The molecule has 64 valence electrons. The lowest BCUT2D eigenvalue weighted by Crippen LogP contribution is -2.39. The van der Waals surface area contributed by atoms with Crippen LogP contribution in [0.25, 0.3) is 0 Å². The molecule has 11 heavy (non-hydrogen) atoms. The molecule has 0 spiro atoms. The number of carbonyl (C=O) groups is 1. The van der Waals surface area contributed by atoms with Crippen molar-refractivity contribution in [3.05, 3.63) is 0 Å². The van der Waals surface area contributed by atoms with Crippen molar-refractivity contribution in [3.63, 3.8) is 0 Å². The zero-order chi connectivity index (χ0) is 8.27. The van der Waals surface area contributed by atoms with Crippen molar-refractivity contribution >= 4 is 5.97 Å². The van der Waals surface area contributed by atoms with E-state index in [2.05, 4.69) is 5.32 Å². The second-order valence-electron chi connectivity index (χ2n) is 2.54. The summed E-state index contributed by atoms with van der Waals surface area (Å²) in [6.07, 6.45) is 0.0535. The Hall–Kier alpha value is -0.610. The van der Waals surface area contributed by atoms with Gasteiger partial charge in [0.2, 0.25) is 0 Å². The molecule has 0 amide bonds. The Morgan fingerprint density at radius 1 is 1.82 bits per heavy atom. The monoisotopic (exact) mass is 159 g/mol. The SMILES string of the molecule is CCOC(=O)[C@@H]1NCC[C@H]1O. The van der Waals surface area contributed by atoms with E-state index in [1.165, 1.54) is 0 Å². The molecule has 0 saturated carbocycles. The van der Waals surface area contributed by atoms with Crippen molar-refractivity contribution in [2.24, 2.45) is 0 Å². The molecule has 0 aliphatic carbocycles. The zero-order valence-electron chi connectivity index (χ0n) is 6.54. The Balaban J connectivity index is 2.39. The average molecular weight is 159 g/mol. The van der Waals surface area contributed by atoms with Crippen LogP contribution in [0.5, 0.6) is 0 Å². The van der Waals surface area contributed by atoms with Crippen LogP contribution in [0.2, 0.25) is 0 Å². The number of nitrogens with one attached hydrogen (secondary N) is 1. The molecule has 0 bridgehead atoms. The summed E-state index contributed by atoms with van der Waals surface area (Å²) in [6.45, 7) is 2.80.